The predicted molar refractivity (Wildman–Crippen MR) is 71.7 cm³/mol. The largest absolute Gasteiger partial charge is 0.394 e. The zero-order chi connectivity index (χ0) is 13.7. The van der Waals surface area contributed by atoms with Gasteiger partial charge in [0.2, 0.25) is 0 Å². The number of rotatable bonds is 5. The number of nitrogens with one attached hydrogen (secondary N) is 1. The Morgan fingerprint density at radius 3 is 2.74 bits per heavy atom. The van der Waals surface area contributed by atoms with E-state index in [2.05, 4.69) is 10.3 Å². The molecule has 0 aliphatic carbocycles. The first-order valence-electron chi connectivity index (χ1n) is 6.12. The van der Waals surface area contributed by atoms with Gasteiger partial charge in [-0.3, -0.25) is 4.79 Å². The Bertz CT molecular complexity index is 537. The molecule has 1 aromatic carbocycles. The van der Waals surface area contributed by atoms with Gasteiger partial charge in [0.15, 0.2) is 0 Å². The summed E-state index contributed by atoms with van der Waals surface area (Å²) in [6, 6.07) is 9.43. The molecule has 0 radical (unpaired) electrons. The quantitative estimate of drug-likeness (QED) is 0.832. The van der Waals surface area contributed by atoms with Crippen LogP contribution in [0.15, 0.2) is 42.9 Å². The molecule has 0 aliphatic rings. The fourth-order valence-electron chi connectivity index (χ4n) is 1.85. The van der Waals surface area contributed by atoms with Crippen LogP contribution in [0.1, 0.15) is 16.1 Å². The zero-order valence-corrected chi connectivity index (χ0v) is 10.8. The summed E-state index contributed by atoms with van der Waals surface area (Å²) in [5, 5.41) is 12.1. The average molecular weight is 259 g/mol. The zero-order valence-electron chi connectivity index (χ0n) is 10.8. The van der Waals surface area contributed by atoms with E-state index in [1.54, 1.807) is 24.1 Å². The average Bonchev–Trinajstić information content (AvgIpc) is 2.86. The van der Waals surface area contributed by atoms with Gasteiger partial charge in [-0.2, -0.15) is 0 Å². The van der Waals surface area contributed by atoms with E-state index in [1.165, 1.54) is 0 Å². The lowest BCUT2D eigenvalue weighted by atomic mass is 10.1. The summed E-state index contributed by atoms with van der Waals surface area (Å²) < 4.78 is 1.71. The highest BCUT2D eigenvalue weighted by atomic mass is 16.3. The van der Waals surface area contributed by atoms with E-state index in [-0.39, 0.29) is 18.6 Å². The maximum Gasteiger partial charge on any atom is 0.271 e. The summed E-state index contributed by atoms with van der Waals surface area (Å²) in [6.07, 6.45) is 3.81. The Labute approximate surface area is 111 Å². The van der Waals surface area contributed by atoms with Crippen molar-refractivity contribution < 1.29 is 9.90 Å². The van der Waals surface area contributed by atoms with Crippen LogP contribution in [0.5, 0.6) is 0 Å². The molecule has 5 nitrogen and oxygen atoms in total. The van der Waals surface area contributed by atoms with Crippen molar-refractivity contribution >= 4 is 5.91 Å². The van der Waals surface area contributed by atoms with E-state index in [9.17, 15) is 9.90 Å². The highest BCUT2D eigenvalue weighted by Gasteiger charge is 2.15. The molecule has 0 fully saturated rings. The van der Waals surface area contributed by atoms with Crippen molar-refractivity contribution in [2.75, 3.05) is 6.61 Å². The molecule has 2 aromatic rings. The topological polar surface area (TPSA) is 67.2 Å². The lowest BCUT2D eigenvalue weighted by Gasteiger charge is -2.15. The Hall–Kier alpha value is -2.14. The van der Waals surface area contributed by atoms with Crippen LogP contribution < -0.4 is 5.32 Å². The van der Waals surface area contributed by atoms with Crippen molar-refractivity contribution in [1.82, 2.24) is 14.9 Å². The minimum absolute atomic E-state index is 0.104. The molecule has 1 aromatic heterocycles. The third kappa shape index (κ3) is 3.66. The third-order valence-corrected chi connectivity index (χ3v) is 2.82. The van der Waals surface area contributed by atoms with Gasteiger partial charge in [-0.15, -0.1) is 0 Å². The molecule has 0 spiro atoms. The second-order valence-corrected chi connectivity index (χ2v) is 4.47. The minimum Gasteiger partial charge on any atom is -0.394 e. The van der Waals surface area contributed by atoms with E-state index >= 15 is 0 Å². The highest BCUT2D eigenvalue weighted by Crippen LogP contribution is 2.04. The number of imidazole rings is 1. The van der Waals surface area contributed by atoms with E-state index < -0.39 is 0 Å². The van der Waals surface area contributed by atoms with E-state index in [0.717, 1.165) is 5.56 Å². The number of aliphatic hydroxyl groups is 1. The molecule has 0 saturated carbocycles. The lowest BCUT2D eigenvalue weighted by Crippen LogP contribution is -2.39. The minimum atomic E-state index is -0.308. The smallest absolute Gasteiger partial charge is 0.271 e. The second kappa shape index (κ2) is 6.15. The maximum absolute atomic E-state index is 11.9. The monoisotopic (exact) mass is 259 g/mol. The van der Waals surface area contributed by atoms with Crippen molar-refractivity contribution in [2.24, 2.45) is 7.05 Å². The molecule has 0 unspecified atom stereocenters. The van der Waals surface area contributed by atoms with Crippen LogP contribution in [0.4, 0.5) is 0 Å². The summed E-state index contributed by atoms with van der Waals surface area (Å²) in [5.41, 5.74) is 1.43. The summed E-state index contributed by atoms with van der Waals surface area (Å²) in [5.74, 6) is -0.268. The van der Waals surface area contributed by atoms with Crippen LogP contribution in [0, 0.1) is 0 Å². The van der Waals surface area contributed by atoms with Crippen LogP contribution in [0.25, 0.3) is 0 Å². The Morgan fingerprint density at radius 1 is 1.42 bits per heavy atom. The molecule has 0 saturated heterocycles. The van der Waals surface area contributed by atoms with Gasteiger partial charge in [-0.05, 0) is 12.0 Å². The fraction of sp³-hybridized carbons (Fsp3) is 0.286. The Balaban J connectivity index is 1.97. The van der Waals surface area contributed by atoms with Crippen molar-refractivity contribution in [3.8, 4) is 0 Å². The summed E-state index contributed by atoms with van der Waals surface area (Å²) in [4.78, 5) is 15.9. The van der Waals surface area contributed by atoms with Gasteiger partial charge in [0, 0.05) is 13.2 Å². The number of nitrogens with zero attached hydrogens (tertiary/aromatic N) is 2. The molecule has 1 atom stereocenters. The number of aliphatic hydroxyl groups excluding tert-OH is 1. The number of carbonyl (C=O) groups excluding carboxylic acids is 1. The number of aromatic nitrogens is 2. The van der Waals surface area contributed by atoms with Crippen LogP contribution >= 0.6 is 0 Å². The maximum atomic E-state index is 11.9. The molecule has 19 heavy (non-hydrogen) atoms. The van der Waals surface area contributed by atoms with Gasteiger partial charge in [0.05, 0.1) is 19.0 Å². The Morgan fingerprint density at radius 2 is 2.16 bits per heavy atom. The summed E-state index contributed by atoms with van der Waals surface area (Å²) in [7, 11) is 1.80. The molecule has 2 N–H and O–H groups in total. The number of hydrogen-bond acceptors (Lipinski definition) is 3. The standard InChI is InChI=1S/C14H17N3O2/c1-17-8-13(15-10-17)14(19)16-12(9-18)7-11-5-3-2-4-6-11/h2-6,8,10,12,18H,7,9H2,1H3,(H,16,19)/t12-/m0/s1. The van der Waals surface area contributed by atoms with Gasteiger partial charge in [-0.25, -0.2) is 4.98 Å². The molecule has 1 heterocycles. The van der Waals surface area contributed by atoms with Crippen molar-refractivity contribution in [3.63, 3.8) is 0 Å². The van der Waals surface area contributed by atoms with Gasteiger partial charge >= 0.3 is 0 Å². The van der Waals surface area contributed by atoms with Crippen LogP contribution in [-0.2, 0) is 13.5 Å². The van der Waals surface area contributed by atoms with Gasteiger partial charge in [0.25, 0.3) is 5.91 Å². The van der Waals surface area contributed by atoms with E-state index in [0.29, 0.717) is 12.1 Å². The van der Waals surface area contributed by atoms with Crippen LogP contribution in [0.2, 0.25) is 0 Å². The second-order valence-electron chi connectivity index (χ2n) is 4.47. The molecule has 0 bridgehead atoms. The number of amides is 1. The molecular formula is C14H17N3O2. The van der Waals surface area contributed by atoms with E-state index in [1.807, 2.05) is 30.3 Å². The van der Waals surface area contributed by atoms with Gasteiger partial charge in [-0.1, -0.05) is 30.3 Å². The highest BCUT2D eigenvalue weighted by molar-refractivity contribution is 5.92. The van der Waals surface area contributed by atoms with Gasteiger partial charge < -0.3 is 15.0 Å². The first-order chi connectivity index (χ1) is 9.19. The van der Waals surface area contributed by atoms with Gasteiger partial charge in [0.1, 0.15) is 5.69 Å². The first-order valence-corrected chi connectivity index (χ1v) is 6.12. The van der Waals surface area contributed by atoms with Crippen molar-refractivity contribution in [1.29, 1.82) is 0 Å². The number of aryl methyl sites for hydroxylation is 1. The van der Waals surface area contributed by atoms with Crippen molar-refractivity contribution in [2.45, 2.75) is 12.5 Å². The molecule has 100 valence electrons. The summed E-state index contributed by atoms with van der Waals surface area (Å²) >= 11 is 0. The van der Waals surface area contributed by atoms with Crippen LogP contribution in [-0.4, -0.2) is 33.2 Å². The molecule has 2 rings (SSSR count). The van der Waals surface area contributed by atoms with Crippen LogP contribution in [0.3, 0.4) is 0 Å². The summed E-state index contributed by atoms with van der Waals surface area (Å²) in [6.45, 7) is -0.104. The fourth-order valence-corrected chi connectivity index (χ4v) is 1.85. The third-order valence-electron chi connectivity index (χ3n) is 2.82. The molecule has 0 aliphatic heterocycles. The molecule has 1 amide bonds. The predicted octanol–water partition coefficient (Wildman–Crippen LogP) is 0.753. The number of carbonyl (C=O) groups is 1. The lowest BCUT2D eigenvalue weighted by molar-refractivity contribution is 0.0912. The first kappa shape index (κ1) is 13.3. The van der Waals surface area contributed by atoms with Crippen molar-refractivity contribution in [3.05, 3.63) is 54.1 Å². The SMILES string of the molecule is Cn1cnc(C(=O)N[C@H](CO)Cc2ccccc2)c1. The van der Waals surface area contributed by atoms with E-state index in [4.69, 9.17) is 0 Å². The normalized spacial score (nSPS) is 12.1. The number of hydrogen-bond donors (Lipinski definition) is 2. The molecular weight excluding hydrogens is 242 g/mol. The number of benzene rings is 1. The Kier molecular flexibility index (Phi) is 4.30. The molecule has 5 heteroatoms.